The number of hydrogen-bond acceptors (Lipinski definition) is 7. The first-order chi connectivity index (χ1) is 20.5. The summed E-state index contributed by atoms with van der Waals surface area (Å²) >= 11 is 1.57. The number of amides is 4. The van der Waals surface area contributed by atoms with Crippen LogP contribution in [-0.4, -0.2) is 70.4 Å². The minimum Gasteiger partial charge on any atom is -0.453 e. The molecule has 1 atom stereocenters. The molecular formula is C30H44FN7O4S. The topological polar surface area (TPSA) is 123 Å². The van der Waals surface area contributed by atoms with Crippen LogP contribution in [0.5, 0.6) is 5.75 Å². The summed E-state index contributed by atoms with van der Waals surface area (Å²) in [6.45, 7) is 10.8. The molecule has 0 fully saturated rings. The van der Waals surface area contributed by atoms with Crippen LogP contribution in [0.3, 0.4) is 0 Å². The predicted molar refractivity (Wildman–Crippen MR) is 166 cm³/mol. The number of urea groups is 2. The lowest BCUT2D eigenvalue weighted by molar-refractivity contribution is 0.144. The highest BCUT2D eigenvalue weighted by Gasteiger charge is 2.32. The van der Waals surface area contributed by atoms with Crippen LogP contribution in [0.25, 0.3) is 0 Å². The highest BCUT2D eigenvalue weighted by molar-refractivity contribution is 8.00. The Balaban J connectivity index is 1.74. The van der Waals surface area contributed by atoms with Crippen molar-refractivity contribution in [3.05, 3.63) is 59.4 Å². The van der Waals surface area contributed by atoms with Crippen molar-refractivity contribution in [3.8, 4) is 5.75 Å². The third kappa shape index (κ3) is 9.72. The average molecular weight is 618 g/mol. The Hall–Kier alpha value is -3.58. The maximum Gasteiger partial charge on any atom is 0.318 e. The molecular weight excluding hydrogens is 573 g/mol. The molecule has 0 bridgehead atoms. The second-order valence-corrected chi connectivity index (χ2v) is 11.9. The number of halogens is 1. The quantitative estimate of drug-likeness (QED) is 0.201. The number of rotatable bonds is 14. The van der Waals surface area contributed by atoms with E-state index in [0.717, 1.165) is 22.1 Å². The zero-order chi connectivity index (χ0) is 31.5. The highest BCUT2D eigenvalue weighted by Crippen LogP contribution is 2.49. The van der Waals surface area contributed by atoms with Crippen LogP contribution in [0.2, 0.25) is 0 Å². The number of thioether (sulfide) groups is 1. The molecule has 3 heterocycles. The summed E-state index contributed by atoms with van der Waals surface area (Å²) in [4.78, 5) is 36.4. The maximum absolute atomic E-state index is 14.8. The largest absolute Gasteiger partial charge is 0.453 e. The fourth-order valence-electron chi connectivity index (χ4n) is 4.32. The average Bonchev–Trinajstić information content (AvgIpc) is 3.54. The minimum absolute atomic E-state index is 0.0135. The van der Waals surface area contributed by atoms with E-state index < -0.39 is 5.83 Å². The van der Waals surface area contributed by atoms with Crippen molar-refractivity contribution in [3.63, 3.8) is 0 Å². The van der Waals surface area contributed by atoms with Crippen LogP contribution >= 0.6 is 11.8 Å². The van der Waals surface area contributed by atoms with E-state index in [1.54, 1.807) is 55.2 Å². The van der Waals surface area contributed by atoms with Crippen LogP contribution in [0.15, 0.2) is 47.1 Å². The standard InChI is InChI=1S/C30H44FN7O4S/c1-8-22(31)24(10-9-12-33-29(39)35-19(2)3)42-25-11-13-32-23-16-26(43-27(23)25)28-34-17-21(37(28)6)18-38(14-15-41-7)30(40)36-20(4)5/h9-11,13,17,19-20,26H,8,12,14-16,18H2,1-7H3,(H,36,40)(H2,33,35,39). The molecule has 0 aliphatic carbocycles. The third-order valence-electron chi connectivity index (χ3n) is 6.47. The van der Waals surface area contributed by atoms with Gasteiger partial charge in [0, 0.05) is 64.4 Å². The molecule has 1 aliphatic rings. The number of aromatic nitrogens is 3. The summed E-state index contributed by atoms with van der Waals surface area (Å²) in [6, 6.07) is 1.30. The van der Waals surface area contributed by atoms with Gasteiger partial charge in [-0.05, 0) is 33.8 Å². The summed E-state index contributed by atoms with van der Waals surface area (Å²) in [5, 5.41) is 8.36. The Bertz CT molecular complexity index is 1310. The number of pyridine rings is 1. The first kappa shape index (κ1) is 33.9. The molecule has 0 saturated carbocycles. The lowest BCUT2D eigenvalue weighted by Gasteiger charge is -2.24. The molecule has 2 aromatic heterocycles. The minimum atomic E-state index is -0.402. The van der Waals surface area contributed by atoms with Crippen LogP contribution in [0.1, 0.15) is 63.5 Å². The molecule has 236 valence electrons. The SMILES string of the molecule is CCC(F)=C(C=CCNC(=O)NC(C)C)Oc1ccnc2c1SC(c1ncc(CN(CCOC)C(=O)NC(C)C)n1C)C2. The molecule has 3 rings (SSSR count). The summed E-state index contributed by atoms with van der Waals surface area (Å²) < 4.78 is 28.1. The van der Waals surface area contributed by atoms with E-state index in [2.05, 4.69) is 20.9 Å². The first-order valence-electron chi connectivity index (χ1n) is 14.5. The van der Waals surface area contributed by atoms with E-state index in [9.17, 15) is 14.0 Å². The number of fused-ring (bicyclic) bond motifs is 1. The lowest BCUT2D eigenvalue weighted by atomic mass is 10.2. The van der Waals surface area contributed by atoms with Gasteiger partial charge in [0.2, 0.25) is 0 Å². The number of methoxy groups -OCH3 is 1. The maximum atomic E-state index is 14.8. The molecule has 0 spiro atoms. The van der Waals surface area contributed by atoms with Gasteiger partial charge in [-0.3, -0.25) is 4.98 Å². The van der Waals surface area contributed by atoms with Crippen LogP contribution in [0, 0.1) is 0 Å². The molecule has 0 aromatic carbocycles. The van der Waals surface area contributed by atoms with Crippen LogP contribution in [-0.2, 0) is 24.8 Å². The van der Waals surface area contributed by atoms with Gasteiger partial charge in [0.1, 0.15) is 17.4 Å². The number of allylic oxidation sites excluding steroid dienone is 2. The fourth-order valence-corrected chi connectivity index (χ4v) is 5.67. The van der Waals surface area contributed by atoms with Crippen LogP contribution < -0.4 is 20.7 Å². The van der Waals surface area contributed by atoms with Gasteiger partial charge in [-0.25, -0.2) is 19.0 Å². The van der Waals surface area contributed by atoms with E-state index in [1.807, 2.05) is 39.3 Å². The van der Waals surface area contributed by atoms with Crippen molar-refractivity contribution >= 4 is 23.8 Å². The van der Waals surface area contributed by atoms with Gasteiger partial charge in [0.05, 0.1) is 40.9 Å². The number of nitrogens with one attached hydrogen (secondary N) is 3. The van der Waals surface area contributed by atoms with Gasteiger partial charge in [-0.15, -0.1) is 11.8 Å². The Kier molecular flexibility index (Phi) is 12.9. The molecule has 43 heavy (non-hydrogen) atoms. The van der Waals surface area contributed by atoms with Crippen molar-refractivity contribution in [2.75, 3.05) is 26.8 Å². The number of carbonyl (C=O) groups is 2. The summed E-state index contributed by atoms with van der Waals surface area (Å²) in [5.41, 5.74) is 1.74. The Morgan fingerprint density at radius 3 is 2.65 bits per heavy atom. The number of nitrogens with zero attached hydrogens (tertiary/aromatic N) is 4. The monoisotopic (exact) mass is 617 g/mol. The number of hydrogen-bond donors (Lipinski definition) is 3. The summed E-state index contributed by atoms with van der Waals surface area (Å²) in [7, 11) is 3.55. The van der Waals surface area contributed by atoms with Gasteiger partial charge < -0.3 is 34.9 Å². The van der Waals surface area contributed by atoms with Crippen molar-refractivity contribution in [2.45, 2.75) is 76.2 Å². The van der Waals surface area contributed by atoms with Crippen molar-refractivity contribution in [1.82, 2.24) is 35.4 Å². The third-order valence-corrected chi connectivity index (χ3v) is 7.81. The summed E-state index contributed by atoms with van der Waals surface area (Å²) in [6.07, 6.45) is 7.43. The van der Waals surface area contributed by atoms with E-state index in [-0.39, 0.29) is 48.1 Å². The second-order valence-electron chi connectivity index (χ2n) is 10.7. The van der Waals surface area contributed by atoms with Gasteiger partial charge in [-0.1, -0.05) is 13.0 Å². The van der Waals surface area contributed by atoms with Gasteiger partial charge in [-0.2, -0.15) is 0 Å². The Morgan fingerprint density at radius 2 is 1.98 bits per heavy atom. The summed E-state index contributed by atoms with van der Waals surface area (Å²) in [5.74, 6) is 1.04. The molecule has 11 nitrogen and oxygen atoms in total. The molecule has 2 aromatic rings. The van der Waals surface area contributed by atoms with Gasteiger partial charge >= 0.3 is 12.1 Å². The fraction of sp³-hybridized carbons (Fsp3) is 0.533. The van der Waals surface area contributed by atoms with E-state index >= 15 is 0 Å². The zero-order valence-corrected chi connectivity index (χ0v) is 26.9. The van der Waals surface area contributed by atoms with E-state index in [0.29, 0.717) is 31.9 Å². The smallest absolute Gasteiger partial charge is 0.318 e. The van der Waals surface area contributed by atoms with Gasteiger partial charge in [0.25, 0.3) is 0 Å². The van der Waals surface area contributed by atoms with Crippen LogP contribution in [0.4, 0.5) is 14.0 Å². The molecule has 0 radical (unpaired) electrons. The Labute approximate surface area is 257 Å². The first-order valence-corrected chi connectivity index (χ1v) is 15.4. The van der Waals surface area contributed by atoms with Crippen molar-refractivity contribution < 1.29 is 23.5 Å². The van der Waals surface area contributed by atoms with E-state index in [1.165, 1.54) is 6.08 Å². The zero-order valence-electron chi connectivity index (χ0n) is 26.1. The second kappa shape index (κ2) is 16.3. The van der Waals surface area contributed by atoms with Gasteiger partial charge in [0.15, 0.2) is 5.76 Å². The number of imidazole rings is 1. The predicted octanol–water partition coefficient (Wildman–Crippen LogP) is 5.00. The molecule has 1 aliphatic heterocycles. The molecule has 13 heteroatoms. The van der Waals surface area contributed by atoms with Crippen molar-refractivity contribution in [2.24, 2.45) is 7.05 Å². The van der Waals surface area contributed by atoms with Crippen molar-refractivity contribution in [1.29, 1.82) is 0 Å². The molecule has 1 unspecified atom stereocenters. The lowest BCUT2D eigenvalue weighted by Crippen LogP contribution is -2.44. The number of ether oxygens (including phenoxy) is 2. The molecule has 0 saturated heterocycles. The normalized spacial score (nSPS) is 15.1. The molecule has 4 amide bonds. The number of carbonyl (C=O) groups excluding carboxylic acids is 2. The van der Waals surface area contributed by atoms with E-state index in [4.69, 9.17) is 14.5 Å². The Morgan fingerprint density at radius 1 is 1.23 bits per heavy atom. The highest BCUT2D eigenvalue weighted by atomic mass is 32.2. The molecule has 3 N–H and O–H groups in total.